The molecule has 0 fully saturated rings. The summed E-state index contributed by atoms with van der Waals surface area (Å²) in [5.41, 5.74) is -1.17. The second-order valence-corrected chi connectivity index (χ2v) is 5.47. The van der Waals surface area contributed by atoms with E-state index in [1.807, 2.05) is 6.92 Å². The van der Waals surface area contributed by atoms with Gasteiger partial charge in [-0.3, -0.25) is 9.59 Å². The van der Waals surface area contributed by atoms with Crippen LogP contribution in [0.4, 0.5) is 0 Å². The predicted molar refractivity (Wildman–Crippen MR) is 78.2 cm³/mol. The number of carbonyl (C=O) groups excluding carboxylic acids is 2. The molecule has 0 aromatic rings. The van der Waals surface area contributed by atoms with Crippen LogP contribution in [-0.4, -0.2) is 17.3 Å². The van der Waals surface area contributed by atoms with Crippen molar-refractivity contribution in [2.24, 2.45) is 5.41 Å². The monoisotopic (exact) mass is 290 g/mol. The molecule has 0 spiro atoms. The molecule has 0 saturated heterocycles. The Balaban J connectivity index is 4.36. The Morgan fingerprint density at radius 2 is 1.68 bits per heavy atom. The van der Waals surface area contributed by atoms with E-state index in [4.69, 9.17) is 16.3 Å². The number of hydrogen-bond donors (Lipinski definition) is 0. The minimum Gasteiger partial charge on any atom is -0.462 e. The summed E-state index contributed by atoms with van der Waals surface area (Å²) < 4.78 is 5.39. The lowest BCUT2D eigenvalue weighted by Gasteiger charge is -2.26. The van der Waals surface area contributed by atoms with Gasteiger partial charge < -0.3 is 4.74 Å². The van der Waals surface area contributed by atoms with Gasteiger partial charge in [-0.15, -0.1) is 0 Å². The molecule has 0 aliphatic rings. The lowest BCUT2D eigenvalue weighted by Crippen LogP contribution is -2.38. The summed E-state index contributed by atoms with van der Waals surface area (Å²) >= 11 is 5.58. The van der Waals surface area contributed by atoms with Crippen molar-refractivity contribution < 1.29 is 14.3 Å². The molecule has 0 aromatic heterocycles. The molecule has 19 heavy (non-hydrogen) atoms. The summed E-state index contributed by atoms with van der Waals surface area (Å²) in [6, 6.07) is 0. The smallest absolute Gasteiger partial charge is 0.321 e. The van der Waals surface area contributed by atoms with Crippen molar-refractivity contribution in [1.29, 1.82) is 0 Å². The number of unbranched alkanes of at least 4 members (excludes halogenated alkanes) is 3. The number of rotatable bonds is 10. The SMILES string of the molecule is CCCCCCC(C)OC(=O)C(CC)(CC)C(=O)Cl. The molecule has 112 valence electrons. The standard InChI is InChI=1S/C15H27ClO3/c1-5-8-9-10-11-12(4)19-14(18)15(6-2,7-3)13(16)17/h12H,5-11H2,1-4H3. The third-order valence-corrected chi connectivity index (χ3v) is 4.11. The third-order valence-electron chi connectivity index (χ3n) is 3.75. The highest BCUT2D eigenvalue weighted by atomic mass is 35.5. The van der Waals surface area contributed by atoms with Crippen molar-refractivity contribution in [1.82, 2.24) is 0 Å². The van der Waals surface area contributed by atoms with Gasteiger partial charge in [0.2, 0.25) is 5.24 Å². The molecular weight excluding hydrogens is 264 g/mol. The van der Waals surface area contributed by atoms with Crippen molar-refractivity contribution in [2.75, 3.05) is 0 Å². The topological polar surface area (TPSA) is 43.4 Å². The summed E-state index contributed by atoms with van der Waals surface area (Å²) in [7, 11) is 0. The maximum atomic E-state index is 12.1. The molecule has 1 atom stereocenters. The Morgan fingerprint density at radius 1 is 1.11 bits per heavy atom. The molecule has 0 aliphatic heterocycles. The van der Waals surface area contributed by atoms with E-state index >= 15 is 0 Å². The number of ether oxygens (including phenoxy) is 1. The molecule has 0 radical (unpaired) electrons. The highest BCUT2D eigenvalue weighted by molar-refractivity contribution is 6.66. The van der Waals surface area contributed by atoms with Gasteiger partial charge in [0.15, 0.2) is 0 Å². The average Bonchev–Trinajstić information content (AvgIpc) is 2.36. The van der Waals surface area contributed by atoms with Crippen molar-refractivity contribution >= 4 is 22.8 Å². The van der Waals surface area contributed by atoms with Gasteiger partial charge >= 0.3 is 5.97 Å². The molecule has 3 nitrogen and oxygen atoms in total. The Bertz CT molecular complexity index is 285. The minimum atomic E-state index is -1.17. The first kappa shape index (κ1) is 18.4. The van der Waals surface area contributed by atoms with Gasteiger partial charge in [-0.25, -0.2) is 0 Å². The molecule has 0 amide bonds. The highest BCUT2D eigenvalue weighted by Crippen LogP contribution is 2.31. The molecule has 0 bridgehead atoms. The Morgan fingerprint density at radius 3 is 2.11 bits per heavy atom. The summed E-state index contributed by atoms with van der Waals surface area (Å²) in [4.78, 5) is 23.7. The van der Waals surface area contributed by atoms with Crippen LogP contribution in [-0.2, 0) is 14.3 Å². The van der Waals surface area contributed by atoms with Crippen LogP contribution >= 0.6 is 11.6 Å². The second kappa shape index (κ2) is 9.35. The number of halogens is 1. The Hall–Kier alpha value is -0.570. The molecule has 0 aliphatic carbocycles. The second-order valence-electron chi connectivity index (χ2n) is 5.13. The van der Waals surface area contributed by atoms with E-state index in [-0.39, 0.29) is 6.10 Å². The molecule has 0 N–H and O–H groups in total. The maximum Gasteiger partial charge on any atom is 0.321 e. The zero-order valence-electron chi connectivity index (χ0n) is 12.6. The van der Waals surface area contributed by atoms with Crippen LogP contribution < -0.4 is 0 Å². The quantitative estimate of drug-likeness (QED) is 0.258. The van der Waals surface area contributed by atoms with Crippen molar-refractivity contribution in [3.63, 3.8) is 0 Å². The van der Waals surface area contributed by atoms with Crippen LogP contribution in [0.3, 0.4) is 0 Å². The van der Waals surface area contributed by atoms with Crippen LogP contribution in [0.5, 0.6) is 0 Å². The summed E-state index contributed by atoms with van der Waals surface area (Å²) in [6.07, 6.45) is 6.03. The van der Waals surface area contributed by atoms with Gasteiger partial charge in [0.1, 0.15) is 5.41 Å². The van der Waals surface area contributed by atoms with Crippen LogP contribution in [0.1, 0.15) is 72.6 Å². The van der Waals surface area contributed by atoms with Crippen molar-refractivity contribution in [3.8, 4) is 0 Å². The Labute approximate surface area is 122 Å². The van der Waals surface area contributed by atoms with E-state index in [2.05, 4.69) is 6.92 Å². The summed E-state index contributed by atoms with van der Waals surface area (Å²) in [5.74, 6) is -0.472. The first-order valence-corrected chi connectivity index (χ1v) is 7.73. The first-order valence-electron chi connectivity index (χ1n) is 7.35. The van der Waals surface area contributed by atoms with Gasteiger partial charge in [-0.2, -0.15) is 0 Å². The van der Waals surface area contributed by atoms with Crippen LogP contribution in [0.2, 0.25) is 0 Å². The zero-order chi connectivity index (χ0) is 14.9. The van der Waals surface area contributed by atoms with Crippen LogP contribution in [0.25, 0.3) is 0 Å². The first-order chi connectivity index (χ1) is 8.94. The average molecular weight is 291 g/mol. The normalized spacial score (nSPS) is 13.1. The van der Waals surface area contributed by atoms with E-state index < -0.39 is 16.6 Å². The number of esters is 1. The van der Waals surface area contributed by atoms with Crippen LogP contribution in [0.15, 0.2) is 0 Å². The van der Waals surface area contributed by atoms with Gasteiger partial charge in [0.05, 0.1) is 6.10 Å². The van der Waals surface area contributed by atoms with Crippen molar-refractivity contribution in [3.05, 3.63) is 0 Å². The largest absolute Gasteiger partial charge is 0.462 e. The van der Waals surface area contributed by atoms with Gasteiger partial charge in [-0.1, -0.05) is 40.0 Å². The predicted octanol–water partition coefficient (Wildman–Crippen LogP) is 4.46. The zero-order valence-corrected chi connectivity index (χ0v) is 13.4. The third kappa shape index (κ3) is 5.52. The molecule has 1 unspecified atom stereocenters. The van der Waals surface area contributed by atoms with E-state index in [0.717, 1.165) is 19.3 Å². The molecular formula is C15H27ClO3. The molecule has 0 heterocycles. The summed E-state index contributed by atoms with van der Waals surface area (Å²) in [6.45, 7) is 7.61. The van der Waals surface area contributed by atoms with E-state index in [0.29, 0.717) is 12.8 Å². The molecule has 4 heteroatoms. The lowest BCUT2D eigenvalue weighted by atomic mass is 9.84. The van der Waals surface area contributed by atoms with Gasteiger partial charge in [0, 0.05) is 0 Å². The fourth-order valence-corrected chi connectivity index (χ4v) is 2.45. The minimum absolute atomic E-state index is 0.155. The van der Waals surface area contributed by atoms with Gasteiger partial charge in [-0.05, 0) is 44.2 Å². The number of hydrogen-bond acceptors (Lipinski definition) is 3. The fourth-order valence-electron chi connectivity index (χ4n) is 2.11. The van der Waals surface area contributed by atoms with Crippen LogP contribution in [0, 0.1) is 5.41 Å². The van der Waals surface area contributed by atoms with Crippen molar-refractivity contribution in [2.45, 2.75) is 78.7 Å². The summed E-state index contributed by atoms with van der Waals surface area (Å²) in [5, 5.41) is -0.610. The van der Waals surface area contributed by atoms with E-state index in [1.165, 1.54) is 12.8 Å². The molecule has 0 saturated carbocycles. The van der Waals surface area contributed by atoms with E-state index in [1.54, 1.807) is 13.8 Å². The lowest BCUT2D eigenvalue weighted by molar-refractivity contribution is -0.163. The van der Waals surface area contributed by atoms with E-state index in [9.17, 15) is 9.59 Å². The maximum absolute atomic E-state index is 12.1. The highest BCUT2D eigenvalue weighted by Gasteiger charge is 2.43. The molecule has 0 rings (SSSR count). The van der Waals surface area contributed by atoms with Gasteiger partial charge in [0.25, 0.3) is 0 Å². The fraction of sp³-hybridized carbons (Fsp3) is 0.867. The number of carbonyl (C=O) groups is 2. The molecule has 0 aromatic carbocycles. The Kier molecular flexibility index (Phi) is 9.07.